The van der Waals surface area contributed by atoms with Gasteiger partial charge in [0.1, 0.15) is 5.69 Å². The number of halogens is 4. The Morgan fingerprint density at radius 1 is 1.22 bits per heavy atom. The summed E-state index contributed by atoms with van der Waals surface area (Å²) in [6.45, 7) is 0. The monoisotopic (exact) mass is 430 g/mol. The highest BCUT2D eigenvalue weighted by molar-refractivity contribution is 8.18. The number of alkyl halides is 3. The Kier molecular flexibility index (Phi) is 4.24. The van der Waals surface area contributed by atoms with E-state index in [-0.39, 0.29) is 21.3 Å². The molecule has 1 saturated heterocycles. The minimum absolute atomic E-state index is 0.0150. The Bertz CT molecular complexity index is 1140. The number of nitrogens with one attached hydrogen (secondary N) is 1. The van der Waals surface area contributed by atoms with E-state index in [4.69, 9.17) is 11.6 Å². The molecule has 1 aromatic carbocycles. The van der Waals surface area contributed by atoms with E-state index in [2.05, 4.69) is 15.4 Å². The first kappa shape index (κ1) is 18.0. The molecular formula is C15H6ClF3N4O2S2. The molecule has 12 heteroatoms. The van der Waals surface area contributed by atoms with Gasteiger partial charge < -0.3 is 0 Å². The molecule has 6 nitrogen and oxygen atoms in total. The Morgan fingerprint density at radius 3 is 2.59 bits per heavy atom. The van der Waals surface area contributed by atoms with Gasteiger partial charge in [0.15, 0.2) is 0 Å². The van der Waals surface area contributed by atoms with Crippen molar-refractivity contribution in [1.29, 1.82) is 0 Å². The predicted octanol–water partition coefficient (Wildman–Crippen LogP) is 4.45. The van der Waals surface area contributed by atoms with Crippen LogP contribution in [0.3, 0.4) is 0 Å². The molecule has 0 saturated carbocycles. The zero-order chi connectivity index (χ0) is 19.3. The maximum absolute atomic E-state index is 13.0. The average molecular weight is 431 g/mol. The van der Waals surface area contributed by atoms with Crippen LogP contribution in [-0.4, -0.2) is 25.7 Å². The van der Waals surface area contributed by atoms with Gasteiger partial charge >= 0.3 is 6.18 Å². The fourth-order valence-corrected chi connectivity index (χ4v) is 4.06. The normalized spacial score (nSPS) is 16.5. The number of benzene rings is 1. The SMILES string of the molecule is O=C1NC(=O)/C(=C/c2c(-c3ccccc3Cl)nc3sc(C(F)(F)F)nn23)S1. The second kappa shape index (κ2) is 6.36. The van der Waals surface area contributed by atoms with E-state index in [1.54, 1.807) is 24.3 Å². The van der Waals surface area contributed by atoms with Crippen molar-refractivity contribution in [1.82, 2.24) is 19.9 Å². The number of thioether (sulfide) groups is 1. The van der Waals surface area contributed by atoms with Crippen LogP contribution in [0.2, 0.25) is 5.02 Å². The molecule has 0 aliphatic carbocycles. The van der Waals surface area contributed by atoms with Crippen LogP contribution < -0.4 is 5.32 Å². The molecule has 1 fully saturated rings. The van der Waals surface area contributed by atoms with Crippen LogP contribution in [0.15, 0.2) is 29.2 Å². The van der Waals surface area contributed by atoms with Crippen LogP contribution >= 0.6 is 34.7 Å². The van der Waals surface area contributed by atoms with Gasteiger partial charge in [-0.3, -0.25) is 14.9 Å². The highest BCUT2D eigenvalue weighted by Crippen LogP contribution is 2.38. The molecule has 0 radical (unpaired) electrons. The van der Waals surface area contributed by atoms with Crippen LogP contribution in [0, 0.1) is 0 Å². The van der Waals surface area contributed by atoms with Gasteiger partial charge in [-0.05, 0) is 23.9 Å². The fourth-order valence-electron chi connectivity index (χ4n) is 2.40. The van der Waals surface area contributed by atoms with Crippen molar-refractivity contribution in [2.75, 3.05) is 0 Å². The van der Waals surface area contributed by atoms with Crippen molar-refractivity contribution in [3.63, 3.8) is 0 Å². The van der Waals surface area contributed by atoms with Crippen molar-refractivity contribution in [3.8, 4) is 11.3 Å². The van der Waals surface area contributed by atoms with Crippen LogP contribution in [-0.2, 0) is 11.0 Å². The zero-order valence-electron chi connectivity index (χ0n) is 12.9. The molecule has 138 valence electrons. The summed E-state index contributed by atoms with van der Waals surface area (Å²) in [5.41, 5.74) is 0.845. The van der Waals surface area contributed by atoms with E-state index < -0.39 is 22.3 Å². The molecule has 2 amide bonds. The zero-order valence-corrected chi connectivity index (χ0v) is 15.3. The highest BCUT2D eigenvalue weighted by atomic mass is 35.5. The van der Waals surface area contributed by atoms with Crippen LogP contribution in [0.1, 0.15) is 10.7 Å². The van der Waals surface area contributed by atoms with E-state index >= 15 is 0 Å². The second-order valence-electron chi connectivity index (χ2n) is 5.28. The third-order valence-electron chi connectivity index (χ3n) is 3.52. The lowest BCUT2D eigenvalue weighted by Crippen LogP contribution is -2.17. The van der Waals surface area contributed by atoms with Crippen molar-refractivity contribution in [3.05, 3.63) is 44.9 Å². The molecule has 2 aromatic heterocycles. The van der Waals surface area contributed by atoms with Crippen LogP contribution in [0.4, 0.5) is 18.0 Å². The Balaban J connectivity index is 1.97. The van der Waals surface area contributed by atoms with E-state index in [1.807, 2.05) is 0 Å². The number of imide groups is 1. The lowest BCUT2D eigenvalue weighted by Gasteiger charge is -2.03. The molecule has 0 atom stereocenters. The van der Waals surface area contributed by atoms with Crippen molar-refractivity contribution in [2.45, 2.75) is 6.18 Å². The lowest BCUT2D eigenvalue weighted by molar-refractivity contribution is -0.138. The van der Waals surface area contributed by atoms with Crippen molar-refractivity contribution >= 4 is 56.9 Å². The van der Waals surface area contributed by atoms with Gasteiger partial charge in [0.05, 0.1) is 15.6 Å². The molecule has 3 aromatic rings. The largest absolute Gasteiger partial charge is 0.445 e. The number of nitrogens with zero attached hydrogens (tertiary/aromatic N) is 3. The van der Waals surface area contributed by atoms with E-state index in [0.29, 0.717) is 33.7 Å². The number of hydrogen-bond donors (Lipinski definition) is 1. The third kappa shape index (κ3) is 3.22. The fraction of sp³-hybridized carbons (Fsp3) is 0.0667. The maximum Gasteiger partial charge on any atom is 0.445 e. The van der Waals surface area contributed by atoms with E-state index in [1.165, 1.54) is 6.08 Å². The summed E-state index contributed by atoms with van der Waals surface area (Å²) >= 11 is 7.20. The summed E-state index contributed by atoms with van der Waals surface area (Å²) in [6, 6.07) is 6.65. The minimum Gasteiger partial charge on any atom is -0.282 e. The second-order valence-corrected chi connectivity index (χ2v) is 7.65. The molecule has 4 rings (SSSR count). The quantitative estimate of drug-likeness (QED) is 0.608. The maximum atomic E-state index is 13.0. The molecule has 1 N–H and O–H groups in total. The van der Waals surface area contributed by atoms with Gasteiger partial charge in [0.2, 0.25) is 9.97 Å². The lowest BCUT2D eigenvalue weighted by atomic mass is 10.1. The number of carbonyl (C=O) groups is 2. The van der Waals surface area contributed by atoms with Gasteiger partial charge in [-0.15, -0.1) is 5.10 Å². The first-order chi connectivity index (χ1) is 12.7. The molecule has 1 aliphatic heterocycles. The van der Waals surface area contributed by atoms with E-state index in [0.717, 1.165) is 4.52 Å². The predicted molar refractivity (Wildman–Crippen MR) is 95.4 cm³/mol. The van der Waals surface area contributed by atoms with Gasteiger partial charge in [-0.25, -0.2) is 9.50 Å². The number of rotatable bonds is 2. The Hall–Kier alpha value is -2.37. The van der Waals surface area contributed by atoms with Gasteiger partial charge in [-0.2, -0.15) is 13.2 Å². The van der Waals surface area contributed by atoms with Gasteiger partial charge in [-0.1, -0.05) is 41.1 Å². The smallest absolute Gasteiger partial charge is 0.282 e. The summed E-state index contributed by atoms with van der Waals surface area (Å²) < 4.78 is 40.0. The summed E-state index contributed by atoms with van der Waals surface area (Å²) in [5, 5.41) is 4.36. The van der Waals surface area contributed by atoms with Gasteiger partial charge in [0.25, 0.3) is 11.1 Å². The van der Waals surface area contributed by atoms with Crippen LogP contribution in [0.25, 0.3) is 22.3 Å². The standard InChI is InChI=1S/C15H6ClF3N4O2S2/c16-7-4-2-1-3-6(7)10-8(5-9-11(24)21-14(25)26-9)23-13(20-10)27-12(22-23)15(17,18)19/h1-5H,(H,21,24,25)/b9-5-. The molecule has 0 spiro atoms. The van der Waals surface area contributed by atoms with Crippen molar-refractivity contribution < 1.29 is 22.8 Å². The molecule has 27 heavy (non-hydrogen) atoms. The molecule has 0 unspecified atom stereocenters. The number of amides is 2. The van der Waals surface area contributed by atoms with Gasteiger partial charge in [0, 0.05) is 5.56 Å². The molecule has 1 aliphatic rings. The summed E-state index contributed by atoms with van der Waals surface area (Å²) in [4.78, 5) is 27.5. The summed E-state index contributed by atoms with van der Waals surface area (Å²) in [6.07, 6.45) is -3.35. The Morgan fingerprint density at radius 2 is 1.96 bits per heavy atom. The topological polar surface area (TPSA) is 76.4 Å². The first-order valence-electron chi connectivity index (χ1n) is 7.20. The molecule has 3 heterocycles. The number of imidazole rings is 1. The summed E-state index contributed by atoms with van der Waals surface area (Å²) in [7, 11) is 0. The number of fused-ring (bicyclic) bond motifs is 1. The molecule has 0 bridgehead atoms. The average Bonchev–Trinajstić information content (AvgIpc) is 3.22. The van der Waals surface area contributed by atoms with Crippen molar-refractivity contribution in [2.24, 2.45) is 0 Å². The minimum atomic E-state index is -4.63. The Labute approximate surface area is 162 Å². The highest BCUT2D eigenvalue weighted by Gasteiger charge is 2.37. The third-order valence-corrected chi connectivity index (χ3v) is 5.61. The first-order valence-corrected chi connectivity index (χ1v) is 9.21. The van der Waals surface area contributed by atoms with Crippen LogP contribution in [0.5, 0.6) is 0 Å². The van der Waals surface area contributed by atoms with E-state index in [9.17, 15) is 22.8 Å². The number of hydrogen-bond acceptors (Lipinski definition) is 6. The molecular weight excluding hydrogens is 425 g/mol. The number of carbonyl (C=O) groups excluding carboxylic acids is 2. The summed E-state index contributed by atoms with van der Waals surface area (Å²) in [5.74, 6) is -0.642. The number of aromatic nitrogens is 3.